The molecule has 1 aliphatic carbocycles. The van der Waals surface area contributed by atoms with Gasteiger partial charge in [-0.25, -0.2) is 4.39 Å². The highest BCUT2D eigenvalue weighted by Crippen LogP contribution is 2.43. The summed E-state index contributed by atoms with van der Waals surface area (Å²) in [6, 6.07) is 5.86. The Bertz CT molecular complexity index is 622. The largest absolute Gasteiger partial charge is 0.354 e. The van der Waals surface area contributed by atoms with Crippen molar-refractivity contribution in [2.24, 2.45) is 11.3 Å². The molecule has 0 radical (unpaired) electrons. The number of carbonyl (C=O) groups is 2. The number of carbonyl (C=O) groups excluding carboxylic acids is 2. The molecule has 3 rings (SSSR count). The SMILES string of the molecule is O=C(NCCNC(=O)[C@@]12CCCC[C@H]1CNC2)c1ccccc1F. The average molecular weight is 333 g/mol. The van der Waals surface area contributed by atoms with E-state index in [9.17, 15) is 14.0 Å². The normalized spacial score (nSPS) is 25.8. The number of amides is 2. The number of rotatable bonds is 5. The summed E-state index contributed by atoms with van der Waals surface area (Å²) >= 11 is 0. The van der Waals surface area contributed by atoms with Crippen molar-refractivity contribution in [1.29, 1.82) is 0 Å². The summed E-state index contributed by atoms with van der Waals surface area (Å²) in [6.07, 6.45) is 4.32. The maximum absolute atomic E-state index is 13.5. The van der Waals surface area contributed by atoms with Crippen LogP contribution in [0.3, 0.4) is 0 Å². The molecule has 1 aliphatic heterocycles. The molecule has 0 unspecified atom stereocenters. The first-order chi connectivity index (χ1) is 11.6. The molecule has 1 saturated heterocycles. The number of nitrogens with one attached hydrogen (secondary N) is 3. The van der Waals surface area contributed by atoms with Crippen LogP contribution in [0.1, 0.15) is 36.0 Å². The molecule has 0 bridgehead atoms. The summed E-state index contributed by atoms with van der Waals surface area (Å²) in [7, 11) is 0. The van der Waals surface area contributed by atoms with Gasteiger partial charge in [-0.3, -0.25) is 9.59 Å². The molecule has 130 valence electrons. The molecule has 1 aromatic carbocycles. The Morgan fingerprint density at radius 3 is 2.83 bits per heavy atom. The first-order valence-electron chi connectivity index (χ1n) is 8.65. The number of fused-ring (bicyclic) bond motifs is 1. The lowest BCUT2D eigenvalue weighted by atomic mass is 9.67. The van der Waals surface area contributed by atoms with Gasteiger partial charge in [-0.1, -0.05) is 25.0 Å². The predicted octanol–water partition coefficient (Wildman–Crippen LogP) is 1.45. The molecule has 5 nitrogen and oxygen atoms in total. The second-order valence-electron chi connectivity index (χ2n) is 6.72. The fraction of sp³-hybridized carbons (Fsp3) is 0.556. The van der Waals surface area contributed by atoms with Crippen LogP contribution in [-0.2, 0) is 4.79 Å². The summed E-state index contributed by atoms with van der Waals surface area (Å²) in [5.74, 6) is -0.504. The van der Waals surface area contributed by atoms with E-state index in [4.69, 9.17) is 0 Å². The fourth-order valence-corrected chi connectivity index (χ4v) is 3.96. The molecule has 2 aliphatic rings. The minimum Gasteiger partial charge on any atom is -0.354 e. The summed E-state index contributed by atoms with van der Waals surface area (Å²) in [5, 5.41) is 8.94. The van der Waals surface area contributed by atoms with E-state index >= 15 is 0 Å². The molecular formula is C18H24FN3O2. The second-order valence-corrected chi connectivity index (χ2v) is 6.72. The van der Waals surface area contributed by atoms with Gasteiger partial charge in [-0.05, 0) is 37.4 Å². The first kappa shape index (κ1) is 16.9. The predicted molar refractivity (Wildman–Crippen MR) is 89.0 cm³/mol. The zero-order chi connectivity index (χ0) is 17.0. The van der Waals surface area contributed by atoms with Crippen LogP contribution in [0.5, 0.6) is 0 Å². The van der Waals surface area contributed by atoms with Gasteiger partial charge in [0.15, 0.2) is 0 Å². The third kappa shape index (κ3) is 3.29. The Kier molecular flexibility index (Phi) is 5.14. The molecule has 2 fully saturated rings. The van der Waals surface area contributed by atoms with Crippen molar-refractivity contribution < 1.29 is 14.0 Å². The van der Waals surface area contributed by atoms with Crippen LogP contribution in [0, 0.1) is 17.2 Å². The zero-order valence-electron chi connectivity index (χ0n) is 13.7. The van der Waals surface area contributed by atoms with Crippen molar-refractivity contribution in [3.8, 4) is 0 Å². The minimum atomic E-state index is -0.542. The number of halogens is 1. The molecule has 2 amide bonds. The lowest BCUT2D eigenvalue weighted by molar-refractivity contribution is -0.133. The van der Waals surface area contributed by atoms with Gasteiger partial charge >= 0.3 is 0 Å². The van der Waals surface area contributed by atoms with Gasteiger partial charge in [0.25, 0.3) is 5.91 Å². The highest BCUT2D eigenvalue weighted by atomic mass is 19.1. The Balaban J connectivity index is 1.47. The van der Waals surface area contributed by atoms with E-state index in [0.717, 1.165) is 32.4 Å². The van der Waals surface area contributed by atoms with E-state index < -0.39 is 11.7 Å². The van der Waals surface area contributed by atoms with Gasteiger partial charge < -0.3 is 16.0 Å². The zero-order valence-corrected chi connectivity index (χ0v) is 13.7. The van der Waals surface area contributed by atoms with Gasteiger partial charge in [-0.2, -0.15) is 0 Å². The molecule has 1 saturated carbocycles. The second kappa shape index (κ2) is 7.30. The van der Waals surface area contributed by atoms with Gasteiger partial charge in [0, 0.05) is 19.6 Å². The fourth-order valence-electron chi connectivity index (χ4n) is 3.96. The minimum absolute atomic E-state index is 0.0229. The van der Waals surface area contributed by atoms with Crippen LogP contribution >= 0.6 is 0 Å². The van der Waals surface area contributed by atoms with E-state index in [-0.39, 0.29) is 23.4 Å². The number of benzene rings is 1. The van der Waals surface area contributed by atoms with Crippen LogP contribution in [0.2, 0.25) is 0 Å². The smallest absolute Gasteiger partial charge is 0.254 e. The monoisotopic (exact) mass is 333 g/mol. The maximum atomic E-state index is 13.5. The van der Waals surface area contributed by atoms with Crippen LogP contribution < -0.4 is 16.0 Å². The third-order valence-corrected chi connectivity index (χ3v) is 5.30. The van der Waals surface area contributed by atoms with Crippen molar-refractivity contribution >= 4 is 11.8 Å². The molecule has 0 spiro atoms. The number of hydrogen-bond donors (Lipinski definition) is 3. The summed E-state index contributed by atoms with van der Waals surface area (Å²) in [6.45, 7) is 2.29. The van der Waals surface area contributed by atoms with Crippen LogP contribution in [0.15, 0.2) is 24.3 Å². The molecule has 1 aromatic rings. The molecule has 1 heterocycles. The van der Waals surface area contributed by atoms with Crippen molar-refractivity contribution in [3.63, 3.8) is 0 Å². The Hall–Kier alpha value is -1.95. The number of hydrogen-bond acceptors (Lipinski definition) is 3. The van der Waals surface area contributed by atoms with Crippen molar-refractivity contribution in [3.05, 3.63) is 35.6 Å². The molecule has 2 atom stereocenters. The van der Waals surface area contributed by atoms with Crippen LogP contribution in [0.25, 0.3) is 0 Å². The van der Waals surface area contributed by atoms with E-state index in [0.29, 0.717) is 12.5 Å². The highest BCUT2D eigenvalue weighted by Gasteiger charge is 2.49. The Morgan fingerprint density at radius 1 is 1.21 bits per heavy atom. The topological polar surface area (TPSA) is 70.2 Å². The van der Waals surface area contributed by atoms with E-state index in [2.05, 4.69) is 16.0 Å². The average Bonchev–Trinajstić information content (AvgIpc) is 3.04. The quantitative estimate of drug-likeness (QED) is 0.715. The summed E-state index contributed by atoms with van der Waals surface area (Å²) in [4.78, 5) is 24.6. The lowest BCUT2D eigenvalue weighted by Crippen LogP contribution is -2.49. The van der Waals surface area contributed by atoms with Gasteiger partial charge in [0.05, 0.1) is 11.0 Å². The van der Waals surface area contributed by atoms with E-state index in [1.54, 1.807) is 12.1 Å². The van der Waals surface area contributed by atoms with Crippen molar-refractivity contribution in [1.82, 2.24) is 16.0 Å². The highest BCUT2D eigenvalue weighted by molar-refractivity contribution is 5.94. The third-order valence-electron chi connectivity index (χ3n) is 5.30. The molecular weight excluding hydrogens is 309 g/mol. The van der Waals surface area contributed by atoms with Gasteiger partial charge in [-0.15, -0.1) is 0 Å². The van der Waals surface area contributed by atoms with Crippen LogP contribution in [-0.4, -0.2) is 38.0 Å². The molecule has 6 heteroatoms. The summed E-state index contributed by atoms with van der Waals surface area (Å²) < 4.78 is 13.5. The van der Waals surface area contributed by atoms with Gasteiger partial charge in [0.1, 0.15) is 5.82 Å². The Morgan fingerprint density at radius 2 is 2.00 bits per heavy atom. The standard InChI is InChI=1S/C18H24FN3O2/c19-15-7-2-1-6-14(15)16(23)21-9-10-22-17(24)18-8-4-3-5-13(18)11-20-12-18/h1-2,6-7,13,20H,3-5,8-12H2,(H,21,23)(H,22,24)/t13-,18+/m0/s1. The van der Waals surface area contributed by atoms with Crippen molar-refractivity contribution in [2.45, 2.75) is 25.7 Å². The van der Waals surface area contributed by atoms with Gasteiger partial charge in [0.2, 0.25) is 5.91 Å². The Labute approximate surface area is 141 Å². The molecule has 3 N–H and O–H groups in total. The maximum Gasteiger partial charge on any atom is 0.254 e. The molecule has 24 heavy (non-hydrogen) atoms. The van der Waals surface area contributed by atoms with Crippen LogP contribution in [0.4, 0.5) is 4.39 Å². The van der Waals surface area contributed by atoms with E-state index in [1.807, 2.05) is 0 Å². The summed E-state index contributed by atoms with van der Waals surface area (Å²) in [5.41, 5.74) is -0.261. The molecule has 0 aromatic heterocycles. The lowest BCUT2D eigenvalue weighted by Gasteiger charge is -2.37. The van der Waals surface area contributed by atoms with Crippen molar-refractivity contribution in [2.75, 3.05) is 26.2 Å². The first-order valence-corrected chi connectivity index (χ1v) is 8.65. The van der Waals surface area contributed by atoms with E-state index in [1.165, 1.54) is 18.6 Å².